The molecule has 84 valence electrons. The first-order chi connectivity index (χ1) is 7.72. The van der Waals surface area contributed by atoms with Crippen molar-refractivity contribution in [1.82, 2.24) is 4.98 Å². The number of anilines is 1. The van der Waals surface area contributed by atoms with Crippen molar-refractivity contribution >= 4 is 16.6 Å². The number of nitrogens with zero attached hydrogens (tertiary/aromatic N) is 2. The minimum absolute atomic E-state index is 0.659. The molecule has 3 heteroatoms. The van der Waals surface area contributed by atoms with Gasteiger partial charge < -0.3 is 10.6 Å². The van der Waals surface area contributed by atoms with E-state index in [4.69, 9.17) is 5.73 Å². The molecule has 0 aliphatic heterocycles. The zero-order chi connectivity index (χ0) is 11.5. The Labute approximate surface area is 95.9 Å². The Morgan fingerprint density at radius 1 is 1.31 bits per heavy atom. The van der Waals surface area contributed by atoms with Crippen molar-refractivity contribution in [2.75, 3.05) is 25.0 Å². The van der Waals surface area contributed by atoms with E-state index in [1.165, 1.54) is 16.6 Å². The molecular formula is C13H17N3. The third kappa shape index (κ3) is 1.99. The fraction of sp³-hybridized carbons (Fsp3) is 0.308. The second-order valence-electron chi connectivity index (χ2n) is 4.06. The molecule has 0 fully saturated rings. The lowest BCUT2D eigenvalue weighted by Gasteiger charge is -2.20. The number of hydrogen-bond donors (Lipinski definition) is 1. The number of nitrogens with two attached hydrogens (primary N) is 1. The number of aryl methyl sites for hydroxylation is 1. The first-order valence-electron chi connectivity index (χ1n) is 5.49. The van der Waals surface area contributed by atoms with Crippen molar-refractivity contribution in [2.24, 2.45) is 5.73 Å². The van der Waals surface area contributed by atoms with E-state index < -0.39 is 0 Å². The molecule has 1 aromatic carbocycles. The van der Waals surface area contributed by atoms with Crippen LogP contribution in [0.5, 0.6) is 0 Å². The molecule has 0 spiro atoms. The van der Waals surface area contributed by atoms with Crippen LogP contribution in [-0.2, 0) is 0 Å². The highest BCUT2D eigenvalue weighted by atomic mass is 15.1. The molecule has 0 atom stereocenters. The van der Waals surface area contributed by atoms with Gasteiger partial charge in [0.05, 0.1) is 5.52 Å². The molecule has 0 unspecified atom stereocenters. The minimum atomic E-state index is 0.659. The lowest BCUT2D eigenvalue weighted by molar-refractivity contribution is 0.888. The summed E-state index contributed by atoms with van der Waals surface area (Å²) < 4.78 is 0. The molecule has 0 radical (unpaired) electrons. The van der Waals surface area contributed by atoms with E-state index in [2.05, 4.69) is 42.1 Å². The molecule has 0 aliphatic rings. The third-order valence-electron chi connectivity index (χ3n) is 2.75. The Balaban J connectivity index is 2.55. The number of fused-ring (bicyclic) bond motifs is 1. The number of hydrogen-bond acceptors (Lipinski definition) is 3. The molecule has 0 saturated heterocycles. The van der Waals surface area contributed by atoms with Gasteiger partial charge in [0.25, 0.3) is 0 Å². The highest BCUT2D eigenvalue weighted by Gasteiger charge is 2.05. The average Bonchev–Trinajstić information content (AvgIpc) is 2.28. The summed E-state index contributed by atoms with van der Waals surface area (Å²) in [7, 11) is 2.06. The summed E-state index contributed by atoms with van der Waals surface area (Å²) in [5.41, 5.74) is 9.06. The van der Waals surface area contributed by atoms with Crippen LogP contribution in [0, 0.1) is 6.92 Å². The van der Waals surface area contributed by atoms with E-state index in [1.807, 2.05) is 12.3 Å². The summed E-state index contributed by atoms with van der Waals surface area (Å²) in [6, 6.07) is 8.36. The topological polar surface area (TPSA) is 42.2 Å². The van der Waals surface area contributed by atoms with Crippen LogP contribution in [0.15, 0.2) is 30.5 Å². The minimum Gasteiger partial charge on any atom is -0.373 e. The van der Waals surface area contributed by atoms with E-state index >= 15 is 0 Å². The van der Waals surface area contributed by atoms with Crippen LogP contribution in [0.1, 0.15) is 5.56 Å². The van der Waals surface area contributed by atoms with Gasteiger partial charge in [-0.25, -0.2) is 0 Å². The van der Waals surface area contributed by atoms with Gasteiger partial charge in [-0.2, -0.15) is 0 Å². The molecule has 0 amide bonds. The van der Waals surface area contributed by atoms with Gasteiger partial charge in [0, 0.05) is 37.4 Å². The quantitative estimate of drug-likeness (QED) is 0.850. The zero-order valence-corrected chi connectivity index (χ0v) is 9.77. The van der Waals surface area contributed by atoms with Crippen molar-refractivity contribution in [3.63, 3.8) is 0 Å². The Morgan fingerprint density at radius 3 is 2.88 bits per heavy atom. The monoisotopic (exact) mass is 215 g/mol. The van der Waals surface area contributed by atoms with Crippen LogP contribution < -0.4 is 10.6 Å². The normalized spacial score (nSPS) is 10.7. The molecule has 2 aromatic rings. The van der Waals surface area contributed by atoms with E-state index in [1.54, 1.807) is 0 Å². The van der Waals surface area contributed by atoms with Crippen molar-refractivity contribution < 1.29 is 0 Å². The molecule has 1 heterocycles. The van der Waals surface area contributed by atoms with Crippen LogP contribution >= 0.6 is 0 Å². The highest BCUT2D eigenvalue weighted by molar-refractivity contribution is 5.91. The average molecular weight is 215 g/mol. The largest absolute Gasteiger partial charge is 0.373 e. The standard InChI is InChI=1S/C13H17N3/c1-10-3-4-12-11(9-10)13(5-7-15-12)16(2)8-6-14/h3-5,7,9H,6,8,14H2,1-2H3. The number of aromatic nitrogens is 1. The van der Waals surface area contributed by atoms with Crippen LogP contribution in [-0.4, -0.2) is 25.1 Å². The Bertz CT molecular complexity index is 494. The summed E-state index contributed by atoms with van der Waals surface area (Å²) in [5, 5.41) is 1.19. The lowest BCUT2D eigenvalue weighted by atomic mass is 10.1. The molecule has 0 aliphatic carbocycles. The Kier molecular flexibility index (Phi) is 3.06. The fourth-order valence-electron chi connectivity index (χ4n) is 1.89. The number of benzene rings is 1. The molecule has 0 bridgehead atoms. The Hall–Kier alpha value is -1.61. The summed E-state index contributed by atoms with van der Waals surface area (Å²) >= 11 is 0. The predicted molar refractivity (Wildman–Crippen MR) is 68.8 cm³/mol. The first kappa shape index (κ1) is 10.9. The van der Waals surface area contributed by atoms with Crippen molar-refractivity contribution in [3.05, 3.63) is 36.0 Å². The highest BCUT2D eigenvalue weighted by Crippen LogP contribution is 2.24. The summed E-state index contributed by atoms with van der Waals surface area (Å²) in [4.78, 5) is 6.54. The molecular weight excluding hydrogens is 198 g/mol. The summed E-state index contributed by atoms with van der Waals surface area (Å²) in [5.74, 6) is 0. The summed E-state index contributed by atoms with van der Waals surface area (Å²) in [6.07, 6.45) is 1.85. The second kappa shape index (κ2) is 4.49. The van der Waals surface area contributed by atoms with Gasteiger partial charge in [0.15, 0.2) is 0 Å². The van der Waals surface area contributed by atoms with E-state index in [9.17, 15) is 0 Å². The molecule has 2 rings (SSSR count). The van der Waals surface area contributed by atoms with Crippen molar-refractivity contribution in [3.8, 4) is 0 Å². The van der Waals surface area contributed by atoms with Gasteiger partial charge in [-0.05, 0) is 25.1 Å². The maximum absolute atomic E-state index is 5.58. The van der Waals surface area contributed by atoms with Crippen LogP contribution in [0.25, 0.3) is 10.9 Å². The fourth-order valence-corrected chi connectivity index (χ4v) is 1.89. The maximum Gasteiger partial charge on any atom is 0.0722 e. The van der Waals surface area contributed by atoms with Gasteiger partial charge in [0.2, 0.25) is 0 Å². The maximum atomic E-state index is 5.58. The summed E-state index contributed by atoms with van der Waals surface area (Å²) in [6.45, 7) is 3.61. The zero-order valence-electron chi connectivity index (χ0n) is 9.77. The van der Waals surface area contributed by atoms with Gasteiger partial charge >= 0.3 is 0 Å². The SMILES string of the molecule is Cc1ccc2nccc(N(C)CCN)c2c1. The molecule has 2 N–H and O–H groups in total. The van der Waals surface area contributed by atoms with Crippen molar-refractivity contribution in [1.29, 1.82) is 0 Å². The van der Waals surface area contributed by atoms with Crippen LogP contribution in [0.3, 0.4) is 0 Å². The van der Waals surface area contributed by atoms with Crippen LogP contribution in [0.4, 0.5) is 5.69 Å². The predicted octanol–water partition coefficient (Wildman–Crippen LogP) is 1.94. The van der Waals surface area contributed by atoms with Crippen LogP contribution in [0.2, 0.25) is 0 Å². The molecule has 3 nitrogen and oxygen atoms in total. The Morgan fingerprint density at radius 2 is 2.12 bits per heavy atom. The number of likely N-dealkylation sites (N-methyl/N-ethyl adjacent to an activating group) is 1. The third-order valence-corrected chi connectivity index (χ3v) is 2.75. The number of rotatable bonds is 3. The molecule has 0 saturated carbocycles. The second-order valence-corrected chi connectivity index (χ2v) is 4.06. The van der Waals surface area contributed by atoms with Gasteiger partial charge in [0.1, 0.15) is 0 Å². The van der Waals surface area contributed by atoms with E-state index in [0.717, 1.165) is 12.1 Å². The number of pyridine rings is 1. The molecule has 1 aromatic heterocycles. The van der Waals surface area contributed by atoms with E-state index in [0.29, 0.717) is 6.54 Å². The van der Waals surface area contributed by atoms with Gasteiger partial charge in [-0.1, -0.05) is 11.6 Å². The van der Waals surface area contributed by atoms with E-state index in [-0.39, 0.29) is 0 Å². The van der Waals surface area contributed by atoms with Crippen molar-refractivity contribution in [2.45, 2.75) is 6.92 Å². The molecule has 16 heavy (non-hydrogen) atoms. The lowest BCUT2D eigenvalue weighted by Crippen LogP contribution is -2.25. The first-order valence-corrected chi connectivity index (χ1v) is 5.49. The smallest absolute Gasteiger partial charge is 0.0722 e. The van der Waals surface area contributed by atoms with Gasteiger partial charge in [-0.15, -0.1) is 0 Å². The van der Waals surface area contributed by atoms with Gasteiger partial charge in [-0.3, -0.25) is 4.98 Å².